The average Bonchev–Trinajstić information content (AvgIpc) is 3.23. The van der Waals surface area contributed by atoms with Gasteiger partial charge in [-0.05, 0) is 112 Å². The quantitative estimate of drug-likeness (QED) is 0.134. The fourth-order valence-corrected chi connectivity index (χ4v) is 12.8. The SMILES string of the molecule is O=S1(=O)c2ccccc2B2c3ccccc3S(=O)(=O)c3cc(-c4ccccc4-c4ccccc4-c4ccc5c6ccccc6c6ccccc6c5c4)cc1c32. The van der Waals surface area contributed by atoms with Crippen LogP contribution >= 0.6 is 0 Å². The van der Waals surface area contributed by atoms with Gasteiger partial charge in [0, 0.05) is 0 Å². The Hall–Kier alpha value is -6.28. The van der Waals surface area contributed by atoms with Crippen molar-refractivity contribution >= 4 is 75.1 Å². The van der Waals surface area contributed by atoms with E-state index in [1.165, 1.54) is 26.9 Å². The second-order valence-corrected chi connectivity index (χ2v) is 18.1. The lowest BCUT2D eigenvalue weighted by atomic mass is 9.36. The van der Waals surface area contributed by atoms with E-state index in [-0.39, 0.29) is 19.6 Å². The summed E-state index contributed by atoms with van der Waals surface area (Å²) in [4.78, 5) is 0.497. The highest BCUT2D eigenvalue weighted by atomic mass is 32.2. The van der Waals surface area contributed by atoms with Crippen molar-refractivity contribution in [3.05, 3.63) is 176 Å². The molecule has 0 aromatic heterocycles. The van der Waals surface area contributed by atoms with Crippen molar-refractivity contribution in [3.63, 3.8) is 0 Å². The summed E-state index contributed by atoms with van der Waals surface area (Å²) in [6, 6.07) is 57.1. The maximum absolute atomic E-state index is 14.5. The molecule has 55 heavy (non-hydrogen) atoms. The number of hydrogen-bond acceptors (Lipinski definition) is 4. The first-order valence-corrected chi connectivity index (χ1v) is 21.2. The first kappa shape index (κ1) is 32.2. The molecule has 0 saturated carbocycles. The highest BCUT2D eigenvalue weighted by Gasteiger charge is 2.47. The molecule has 2 aliphatic heterocycles. The van der Waals surface area contributed by atoms with Crippen LogP contribution in [0.5, 0.6) is 0 Å². The monoisotopic (exact) mass is 744 g/mol. The summed E-state index contributed by atoms with van der Waals surface area (Å²) in [6.07, 6.45) is 0. The van der Waals surface area contributed by atoms with E-state index in [2.05, 4.69) is 78.9 Å². The molecule has 0 radical (unpaired) electrons. The Kier molecular flexibility index (Phi) is 6.79. The fourth-order valence-electron chi connectivity index (χ4n) is 9.14. The number of sulfone groups is 2. The minimum absolute atomic E-state index is 0.0403. The molecule has 0 bridgehead atoms. The van der Waals surface area contributed by atoms with Crippen LogP contribution in [0.25, 0.3) is 65.7 Å². The molecule has 0 N–H and O–H groups in total. The van der Waals surface area contributed by atoms with Gasteiger partial charge in [-0.15, -0.1) is 0 Å². The van der Waals surface area contributed by atoms with Crippen molar-refractivity contribution in [1.82, 2.24) is 0 Å². The van der Waals surface area contributed by atoms with Crippen LogP contribution < -0.4 is 16.4 Å². The zero-order chi connectivity index (χ0) is 37.1. The minimum Gasteiger partial charge on any atom is -0.219 e. The maximum atomic E-state index is 14.5. The van der Waals surface area contributed by atoms with Gasteiger partial charge < -0.3 is 0 Å². The van der Waals surface area contributed by atoms with Crippen molar-refractivity contribution in [2.75, 3.05) is 0 Å². The van der Waals surface area contributed by atoms with Gasteiger partial charge in [-0.25, -0.2) is 16.8 Å². The first-order chi connectivity index (χ1) is 26.8. The molecule has 9 aromatic carbocycles. The molecule has 2 aliphatic rings. The van der Waals surface area contributed by atoms with Crippen LogP contribution in [0.15, 0.2) is 196 Å². The summed E-state index contributed by atoms with van der Waals surface area (Å²) in [5.74, 6) is 0. The average molecular weight is 745 g/mol. The number of benzene rings is 9. The topological polar surface area (TPSA) is 68.3 Å². The van der Waals surface area contributed by atoms with Crippen molar-refractivity contribution in [3.8, 4) is 33.4 Å². The van der Waals surface area contributed by atoms with Crippen LogP contribution in [0.4, 0.5) is 0 Å². The van der Waals surface area contributed by atoms with E-state index >= 15 is 0 Å². The Morgan fingerprint density at radius 3 is 1.20 bits per heavy atom. The third kappa shape index (κ3) is 4.51. The highest BCUT2D eigenvalue weighted by molar-refractivity contribution is 7.93. The predicted octanol–water partition coefficient (Wildman–Crippen LogP) is 8.96. The Morgan fingerprint density at radius 2 is 0.691 bits per heavy atom. The van der Waals surface area contributed by atoms with Gasteiger partial charge in [-0.2, -0.15) is 0 Å². The van der Waals surface area contributed by atoms with Gasteiger partial charge >= 0.3 is 0 Å². The van der Waals surface area contributed by atoms with E-state index in [1.807, 2.05) is 48.5 Å². The van der Waals surface area contributed by atoms with Crippen molar-refractivity contribution in [2.45, 2.75) is 19.6 Å². The Morgan fingerprint density at radius 1 is 0.309 bits per heavy atom. The third-order valence-electron chi connectivity index (χ3n) is 11.5. The van der Waals surface area contributed by atoms with Gasteiger partial charge in [0.1, 0.15) is 0 Å². The van der Waals surface area contributed by atoms with Crippen molar-refractivity contribution < 1.29 is 16.8 Å². The van der Waals surface area contributed by atoms with Crippen LogP contribution in [0, 0.1) is 0 Å². The van der Waals surface area contributed by atoms with Gasteiger partial charge in [0.25, 0.3) is 0 Å². The summed E-state index contributed by atoms with van der Waals surface area (Å²) in [5.41, 5.74) is 6.66. The lowest BCUT2D eigenvalue weighted by Crippen LogP contribution is -2.62. The first-order valence-electron chi connectivity index (χ1n) is 18.2. The van der Waals surface area contributed by atoms with Crippen molar-refractivity contribution in [2.24, 2.45) is 0 Å². The molecule has 9 aromatic rings. The molecule has 0 amide bonds. The number of rotatable bonds is 3. The highest BCUT2D eigenvalue weighted by Crippen LogP contribution is 2.43. The van der Waals surface area contributed by atoms with Crippen LogP contribution in [0.3, 0.4) is 0 Å². The predicted molar refractivity (Wildman–Crippen MR) is 224 cm³/mol. The normalized spacial score (nSPS) is 14.7. The summed E-state index contributed by atoms with van der Waals surface area (Å²) in [5, 5.41) is 7.16. The van der Waals surface area contributed by atoms with E-state index in [0.29, 0.717) is 22.0 Å². The lowest BCUT2D eigenvalue weighted by Gasteiger charge is -2.33. The molecule has 260 valence electrons. The molecule has 2 heterocycles. The second-order valence-electron chi connectivity index (χ2n) is 14.3. The van der Waals surface area contributed by atoms with Gasteiger partial charge in [-0.3, -0.25) is 0 Å². The van der Waals surface area contributed by atoms with Crippen LogP contribution in [-0.2, 0) is 19.7 Å². The standard InChI is InChI=1S/C48H29BO4S2/c50-54(51)44-23-11-9-21-42(44)49-43-22-10-12-24-45(43)55(52,53)47-29-31(28-46(54)48(47)49)33-14-2-4-16-35(33)34-15-3-1-13-32(34)30-25-26-40-38-19-6-5-17-36(38)37-18-7-8-20-39(37)41(40)27-30/h1-29H. The number of hydrogen-bond donors (Lipinski definition) is 0. The maximum Gasteiger partial charge on any atom is 0.248 e. The largest absolute Gasteiger partial charge is 0.248 e. The molecule has 0 atom stereocenters. The van der Waals surface area contributed by atoms with Gasteiger partial charge in [0.2, 0.25) is 26.4 Å². The van der Waals surface area contributed by atoms with E-state index in [4.69, 9.17) is 0 Å². The smallest absolute Gasteiger partial charge is 0.219 e. The molecule has 0 spiro atoms. The van der Waals surface area contributed by atoms with Crippen LogP contribution in [0.1, 0.15) is 0 Å². The van der Waals surface area contributed by atoms with Crippen molar-refractivity contribution in [1.29, 1.82) is 0 Å². The van der Waals surface area contributed by atoms with Gasteiger partial charge in [0.05, 0.1) is 19.6 Å². The van der Waals surface area contributed by atoms with Gasteiger partial charge in [0.15, 0.2) is 0 Å². The molecule has 7 heteroatoms. The molecular formula is C48H29BO4S2. The summed E-state index contributed by atoms with van der Waals surface area (Å²) in [6.45, 7) is -0.532. The molecule has 0 saturated heterocycles. The van der Waals surface area contributed by atoms with Crippen LogP contribution in [-0.4, -0.2) is 23.5 Å². The van der Waals surface area contributed by atoms with E-state index in [1.54, 1.807) is 48.5 Å². The summed E-state index contributed by atoms with van der Waals surface area (Å²) < 4.78 is 58.1. The van der Waals surface area contributed by atoms with E-state index in [9.17, 15) is 16.8 Å². The lowest BCUT2D eigenvalue weighted by molar-refractivity contribution is 0.595. The number of fused-ring (bicyclic) bond motifs is 10. The zero-order valence-corrected chi connectivity index (χ0v) is 30.9. The fraction of sp³-hybridized carbons (Fsp3) is 0. The Bertz CT molecular complexity index is 3240. The third-order valence-corrected chi connectivity index (χ3v) is 15.3. The van der Waals surface area contributed by atoms with E-state index < -0.39 is 26.4 Å². The van der Waals surface area contributed by atoms with E-state index in [0.717, 1.165) is 33.2 Å². The zero-order valence-electron chi connectivity index (χ0n) is 29.3. The molecule has 0 aliphatic carbocycles. The molecule has 0 unspecified atom stereocenters. The molecular weight excluding hydrogens is 715 g/mol. The van der Waals surface area contributed by atoms with Crippen LogP contribution in [0.2, 0.25) is 0 Å². The van der Waals surface area contributed by atoms with Gasteiger partial charge in [-0.1, -0.05) is 146 Å². The Balaban J connectivity index is 1.15. The summed E-state index contributed by atoms with van der Waals surface area (Å²) >= 11 is 0. The molecule has 0 fully saturated rings. The Labute approximate surface area is 319 Å². The minimum atomic E-state index is -4.06. The molecule has 11 rings (SSSR count). The second kappa shape index (κ2) is 11.6. The summed E-state index contributed by atoms with van der Waals surface area (Å²) in [7, 11) is -8.13. The molecule has 4 nitrogen and oxygen atoms in total.